The standard InChI is InChI=1S/C22H27NO9/c1-23-20(28)13-5-3-4-12(10-13)15-7-6-14(11-16(15)21(29)31-2)32-22(30)19(27)18(26)17(25)8-9-24/h3-7,10-11,17-19,22,24-27,30H,8-9H2,1-2H3,(H,23,28). The molecule has 10 nitrogen and oxygen atoms in total. The molecule has 6 N–H and O–H groups in total. The van der Waals surface area contributed by atoms with E-state index in [2.05, 4.69) is 5.32 Å². The van der Waals surface area contributed by atoms with Crippen LogP contribution in [-0.2, 0) is 4.74 Å². The summed E-state index contributed by atoms with van der Waals surface area (Å²) in [5.74, 6) is -1.03. The third kappa shape index (κ3) is 6.02. The van der Waals surface area contributed by atoms with Crippen LogP contribution in [0, 0.1) is 0 Å². The number of carbonyl (C=O) groups is 2. The molecule has 4 atom stereocenters. The van der Waals surface area contributed by atoms with Crippen molar-refractivity contribution >= 4 is 11.9 Å². The molecule has 0 fully saturated rings. The fourth-order valence-electron chi connectivity index (χ4n) is 3.01. The predicted molar refractivity (Wildman–Crippen MR) is 113 cm³/mol. The first-order chi connectivity index (χ1) is 15.2. The van der Waals surface area contributed by atoms with Crippen LogP contribution < -0.4 is 10.1 Å². The molecule has 0 saturated heterocycles. The van der Waals surface area contributed by atoms with Gasteiger partial charge in [0.25, 0.3) is 5.91 Å². The molecule has 0 heterocycles. The minimum absolute atomic E-state index is 0.0213. The van der Waals surface area contributed by atoms with E-state index in [1.807, 2.05) is 0 Å². The molecule has 1 amide bonds. The topological polar surface area (TPSA) is 166 Å². The van der Waals surface area contributed by atoms with Crippen LogP contribution in [0.4, 0.5) is 0 Å². The molecule has 2 aromatic carbocycles. The minimum atomic E-state index is -1.94. The van der Waals surface area contributed by atoms with Crippen molar-refractivity contribution in [3.8, 4) is 16.9 Å². The van der Waals surface area contributed by atoms with Crippen molar-refractivity contribution < 1.29 is 44.6 Å². The van der Waals surface area contributed by atoms with Gasteiger partial charge < -0.3 is 40.3 Å². The van der Waals surface area contributed by atoms with Gasteiger partial charge in [-0.2, -0.15) is 0 Å². The van der Waals surface area contributed by atoms with E-state index in [0.29, 0.717) is 16.7 Å². The van der Waals surface area contributed by atoms with Gasteiger partial charge in [0.15, 0.2) is 0 Å². The molecule has 0 bridgehead atoms. The summed E-state index contributed by atoms with van der Waals surface area (Å²) in [6.45, 7) is -0.424. The lowest BCUT2D eigenvalue weighted by atomic mass is 9.97. The number of methoxy groups -OCH3 is 1. The van der Waals surface area contributed by atoms with Gasteiger partial charge in [0.2, 0.25) is 6.29 Å². The summed E-state index contributed by atoms with van der Waals surface area (Å²) in [4.78, 5) is 24.3. The molecule has 32 heavy (non-hydrogen) atoms. The molecular formula is C22H27NO9. The number of hydrogen-bond donors (Lipinski definition) is 6. The molecule has 0 radical (unpaired) electrons. The number of aliphatic hydroxyl groups excluding tert-OH is 5. The zero-order valence-electron chi connectivity index (χ0n) is 17.6. The Labute approximate surface area is 184 Å². The summed E-state index contributed by atoms with van der Waals surface area (Å²) in [6, 6.07) is 10.8. The van der Waals surface area contributed by atoms with Crippen molar-refractivity contribution in [2.75, 3.05) is 20.8 Å². The first kappa shape index (κ1) is 25.2. The van der Waals surface area contributed by atoms with Crippen molar-refractivity contribution in [2.24, 2.45) is 0 Å². The molecule has 0 saturated carbocycles. The number of hydrogen-bond acceptors (Lipinski definition) is 9. The van der Waals surface area contributed by atoms with Crippen LogP contribution in [0.5, 0.6) is 5.75 Å². The lowest BCUT2D eigenvalue weighted by Crippen LogP contribution is -2.46. The molecule has 10 heteroatoms. The second-order valence-corrected chi connectivity index (χ2v) is 6.93. The van der Waals surface area contributed by atoms with E-state index in [4.69, 9.17) is 14.6 Å². The normalized spacial score (nSPS) is 14.7. The second kappa shape index (κ2) is 11.6. The van der Waals surface area contributed by atoms with Crippen molar-refractivity contribution in [1.82, 2.24) is 5.32 Å². The number of amides is 1. The SMILES string of the molecule is CNC(=O)c1cccc(-c2ccc(OC(O)C(O)C(O)C(O)CCO)cc2C(=O)OC)c1. The van der Waals surface area contributed by atoms with E-state index in [1.165, 1.54) is 32.4 Å². The number of esters is 1. The van der Waals surface area contributed by atoms with E-state index >= 15 is 0 Å². The Balaban J connectivity index is 2.33. The Kier molecular flexibility index (Phi) is 9.12. The van der Waals surface area contributed by atoms with Crippen molar-refractivity contribution in [3.63, 3.8) is 0 Å². The highest BCUT2D eigenvalue weighted by Crippen LogP contribution is 2.29. The highest BCUT2D eigenvalue weighted by Gasteiger charge is 2.31. The number of rotatable bonds is 10. The van der Waals surface area contributed by atoms with Gasteiger partial charge in [0.1, 0.15) is 18.0 Å². The van der Waals surface area contributed by atoms with E-state index < -0.39 is 37.2 Å². The maximum Gasteiger partial charge on any atom is 0.338 e. The molecular weight excluding hydrogens is 422 g/mol. The molecule has 2 rings (SSSR count). The minimum Gasteiger partial charge on any atom is -0.465 e. The van der Waals surface area contributed by atoms with Gasteiger partial charge in [-0.1, -0.05) is 12.1 Å². The summed E-state index contributed by atoms with van der Waals surface area (Å²) in [7, 11) is 2.69. The number of aliphatic hydroxyl groups is 5. The molecule has 0 aliphatic rings. The van der Waals surface area contributed by atoms with Gasteiger partial charge >= 0.3 is 5.97 Å². The van der Waals surface area contributed by atoms with E-state index in [-0.39, 0.29) is 23.6 Å². The van der Waals surface area contributed by atoms with Gasteiger partial charge in [0.05, 0.1) is 18.8 Å². The van der Waals surface area contributed by atoms with Crippen LogP contribution >= 0.6 is 0 Å². The third-order valence-corrected chi connectivity index (χ3v) is 4.78. The summed E-state index contributed by atoms with van der Waals surface area (Å²) < 4.78 is 10.1. The van der Waals surface area contributed by atoms with Crippen molar-refractivity contribution in [3.05, 3.63) is 53.6 Å². The molecule has 0 aliphatic heterocycles. The van der Waals surface area contributed by atoms with Crippen LogP contribution in [0.15, 0.2) is 42.5 Å². The third-order valence-electron chi connectivity index (χ3n) is 4.78. The van der Waals surface area contributed by atoms with Crippen LogP contribution in [-0.4, -0.2) is 82.8 Å². The van der Waals surface area contributed by atoms with Gasteiger partial charge in [0, 0.05) is 19.2 Å². The number of carbonyl (C=O) groups excluding carboxylic acids is 2. The highest BCUT2D eigenvalue weighted by atomic mass is 16.6. The Hall–Kier alpha value is -3.02. The van der Waals surface area contributed by atoms with Gasteiger partial charge in [-0.25, -0.2) is 4.79 Å². The quantitative estimate of drug-likeness (QED) is 0.210. The summed E-state index contributed by atoms with van der Waals surface area (Å²) in [5.41, 5.74) is 1.45. The Morgan fingerprint density at radius 1 is 1.03 bits per heavy atom. The predicted octanol–water partition coefficient (Wildman–Crippen LogP) is -0.338. The zero-order chi connectivity index (χ0) is 23.8. The fraction of sp³-hybridized carbons (Fsp3) is 0.364. The number of benzene rings is 2. The van der Waals surface area contributed by atoms with Gasteiger partial charge in [-0.3, -0.25) is 4.79 Å². The molecule has 2 aromatic rings. The van der Waals surface area contributed by atoms with Crippen molar-refractivity contribution in [2.45, 2.75) is 31.0 Å². The molecule has 174 valence electrons. The maximum absolute atomic E-state index is 12.4. The van der Waals surface area contributed by atoms with E-state index in [1.54, 1.807) is 24.3 Å². The smallest absolute Gasteiger partial charge is 0.338 e. The van der Waals surface area contributed by atoms with E-state index in [0.717, 1.165) is 0 Å². The summed E-state index contributed by atoms with van der Waals surface area (Å²) in [5, 5.41) is 51.0. The lowest BCUT2D eigenvalue weighted by Gasteiger charge is -2.26. The molecule has 4 unspecified atom stereocenters. The molecule has 0 aromatic heterocycles. The number of ether oxygens (including phenoxy) is 2. The molecule has 0 aliphatic carbocycles. The first-order valence-corrected chi connectivity index (χ1v) is 9.78. The Morgan fingerprint density at radius 3 is 2.38 bits per heavy atom. The van der Waals surface area contributed by atoms with E-state index in [9.17, 15) is 30.0 Å². The summed E-state index contributed by atoms with van der Waals surface area (Å²) in [6.07, 6.45) is -7.28. The van der Waals surface area contributed by atoms with Crippen LogP contribution in [0.2, 0.25) is 0 Å². The average Bonchev–Trinajstić information content (AvgIpc) is 2.82. The van der Waals surface area contributed by atoms with Crippen LogP contribution in [0.25, 0.3) is 11.1 Å². The van der Waals surface area contributed by atoms with Crippen LogP contribution in [0.1, 0.15) is 27.1 Å². The lowest BCUT2D eigenvalue weighted by molar-refractivity contribution is -0.166. The maximum atomic E-state index is 12.4. The Morgan fingerprint density at radius 2 is 1.75 bits per heavy atom. The first-order valence-electron chi connectivity index (χ1n) is 9.78. The monoisotopic (exact) mass is 449 g/mol. The zero-order valence-corrected chi connectivity index (χ0v) is 17.6. The van der Waals surface area contributed by atoms with Crippen molar-refractivity contribution in [1.29, 1.82) is 0 Å². The average molecular weight is 449 g/mol. The van der Waals surface area contributed by atoms with Gasteiger partial charge in [-0.15, -0.1) is 0 Å². The highest BCUT2D eigenvalue weighted by molar-refractivity contribution is 5.99. The second-order valence-electron chi connectivity index (χ2n) is 6.93. The largest absolute Gasteiger partial charge is 0.465 e. The fourth-order valence-corrected chi connectivity index (χ4v) is 3.01. The molecule has 0 spiro atoms. The number of nitrogens with one attached hydrogen (secondary N) is 1. The van der Waals surface area contributed by atoms with Gasteiger partial charge in [-0.05, 0) is 47.9 Å². The summed E-state index contributed by atoms with van der Waals surface area (Å²) >= 11 is 0. The Bertz CT molecular complexity index is 933. The van der Waals surface area contributed by atoms with Crippen LogP contribution in [0.3, 0.4) is 0 Å².